The van der Waals surface area contributed by atoms with E-state index in [1.807, 2.05) is 17.0 Å². The number of carbonyl (C=O) groups is 1. The zero-order valence-corrected chi connectivity index (χ0v) is 11.8. The summed E-state index contributed by atoms with van der Waals surface area (Å²) < 4.78 is 6.08. The molecule has 102 valence electrons. The standard InChI is InChI=1S/C15H18ClNO2/c1-11(16)14(18)17-8-4-7-15(10-17)13-6-3-2-5-12(13)9-19-15/h2-3,5-6,11H,4,7-10H2,1H3. The summed E-state index contributed by atoms with van der Waals surface area (Å²) in [5.41, 5.74) is 2.18. The molecule has 0 aliphatic carbocycles. The van der Waals surface area contributed by atoms with Crippen molar-refractivity contribution in [1.82, 2.24) is 4.90 Å². The molecular weight excluding hydrogens is 262 g/mol. The van der Waals surface area contributed by atoms with Gasteiger partial charge in [0.15, 0.2) is 0 Å². The van der Waals surface area contributed by atoms with Gasteiger partial charge in [-0.2, -0.15) is 0 Å². The summed E-state index contributed by atoms with van der Waals surface area (Å²) in [6.07, 6.45) is 1.94. The first kappa shape index (κ1) is 12.9. The lowest BCUT2D eigenvalue weighted by molar-refractivity contribution is -0.142. The van der Waals surface area contributed by atoms with E-state index >= 15 is 0 Å². The minimum absolute atomic E-state index is 0.00808. The third kappa shape index (κ3) is 2.15. The van der Waals surface area contributed by atoms with Crippen LogP contribution >= 0.6 is 11.6 Å². The third-order valence-electron chi connectivity index (χ3n) is 4.12. The lowest BCUT2D eigenvalue weighted by atomic mass is 9.85. The van der Waals surface area contributed by atoms with Crippen LogP contribution in [-0.2, 0) is 21.7 Å². The van der Waals surface area contributed by atoms with E-state index in [1.165, 1.54) is 11.1 Å². The van der Waals surface area contributed by atoms with Crippen LogP contribution in [0.1, 0.15) is 30.9 Å². The van der Waals surface area contributed by atoms with E-state index in [-0.39, 0.29) is 11.5 Å². The Kier molecular flexibility index (Phi) is 3.27. The molecule has 2 aliphatic heterocycles. The molecule has 2 aliphatic rings. The predicted molar refractivity (Wildman–Crippen MR) is 74.0 cm³/mol. The van der Waals surface area contributed by atoms with Gasteiger partial charge in [0.1, 0.15) is 11.0 Å². The van der Waals surface area contributed by atoms with Gasteiger partial charge in [-0.3, -0.25) is 4.79 Å². The SMILES string of the molecule is CC(Cl)C(=O)N1CCCC2(C1)OCc1ccccc12. The maximum atomic E-state index is 12.1. The quantitative estimate of drug-likeness (QED) is 0.740. The minimum Gasteiger partial charge on any atom is -0.364 e. The van der Waals surface area contributed by atoms with Crippen LogP contribution in [0.15, 0.2) is 24.3 Å². The van der Waals surface area contributed by atoms with Crippen LogP contribution in [0.25, 0.3) is 0 Å². The van der Waals surface area contributed by atoms with Gasteiger partial charge in [0.05, 0.1) is 13.2 Å². The second-order valence-electron chi connectivity index (χ2n) is 5.42. The number of likely N-dealkylation sites (tertiary alicyclic amines) is 1. The van der Waals surface area contributed by atoms with Crippen LogP contribution < -0.4 is 0 Å². The Balaban J connectivity index is 1.88. The van der Waals surface area contributed by atoms with E-state index < -0.39 is 5.38 Å². The number of halogens is 1. The van der Waals surface area contributed by atoms with Gasteiger partial charge in [-0.05, 0) is 30.9 Å². The average Bonchev–Trinajstić information content (AvgIpc) is 2.77. The fourth-order valence-electron chi connectivity index (χ4n) is 3.18. The molecule has 0 radical (unpaired) electrons. The number of hydrogen-bond donors (Lipinski definition) is 0. The zero-order valence-electron chi connectivity index (χ0n) is 11.1. The molecule has 1 amide bonds. The fraction of sp³-hybridized carbons (Fsp3) is 0.533. The Morgan fingerprint density at radius 3 is 3.05 bits per heavy atom. The number of carbonyl (C=O) groups excluding carboxylic acids is 1. The third-order valence-corrected chi connectivity index (χ3v) is 4.31. The highest BCUT2D eigenvalue weighted by atomic mass is 35.5. The first-order valence-corrected chi connectivity index (χ1v) is 7.21. The summed E-state index contributed by atoms with van der Waals surface area (Å²) in [6, 6.07) is 8.31. The number of amides is 1. The van der Waals surface area contributed by atoms with Crippen molar-refractivity contribution in [1.29, 1.82) is 0 Å². The second kappa shape index (κ2) is 4.80. The van der Waals surface area contributed by atoms with Crippen LogP contribution in [0.2, 0.25) is 0 Å². The Morgan fingerprint density at radius 2 is 2.26 bits per heavy atom. The van der Waals surface area contributed by atoms with Gasteiger partial charge in [-0.25, -0.2) is 0 Å². The van der Waals surface area contributed by atoms with E-state index in [4.69, 9.17) is 16.3 Å². The van der Waals surface area contributed by atoms with E-state index in [0.717, 1.165) is 19.4 Å². The smallest absolute Gasteiger partial charge is 0.240 e. The molecule has 4 heteroatoms. The molecule has 1 fully saturated rings. The van der Waals surface area contributed by atoms with Crippen molar-refractivity contribution in [3.05, 3.63) is 35.4 Å². The molecule has 2 heterocycles. The van der Waals surface area contributed by atoms with Crippen molar-refractivity contribution in [2.24, 2.45) is 0 Å². The van der Waals surface area contributed by atoms with Crippen LogP contribution in [0, 0.1) is 0 Å². The molecule has 1 spiro atoms. The van der Waals surface area contributed by atoms with Crippen molar-refractivity contribution < 1.29 is 9.53 Å². The fourth-order valence-corrected chi connectivity index (χ4v) is 3.32. The molecule has 0 N–H and O–H groups in total. The maximum absolute atomic E-state index is 12.1. The van der Waals surface area contributed by atoms with Gasteiger partial charge in [0, 0.05) is 6.54 Å². The molecule has 2 unspecified atom stereocenters. The van der Waals surface area contributed by atoms with Gasteiger partial charge >= 0.3 is 0 Å². The molecule has 3 nitrogen and oxygen atoms in total. The Labute approximate surface area is 118 Å². The predicted octanol–water partition coefficient (Wildman–Crippen LogP) is 2.66. The van der Waals surface area contributed by atoms with E-state index in [9.17, 15) is 4.79 Å². The highest BCUT2D eigenvalue weighted by Crippen LogP contribution is 2.42. The monoisotopic (exact) mass is 279 g/mol. The van der Waals surface area contributed by atoms with Crippen molar-refractivity contribution in [2.45, 2.75) is 37.4 Å². The molecule has 19 heavy (non-hydrogen) atoms. The van der Waals surface area contributed by atoms with Crippen LogP contribution in [0.4, 0.5) is 0 Å². The number of benzene rings is 1. The number of hydrogen-bond acceptors (Lipinski definition) is 2. The first-order valence-electron chi connectivity index (χ1n) is 6.78. The molecule has 3 rings (SSSR count). The summed E-state index contributed by atoms with van der Waals surface area (Å²) in [5.74, 6) is 0.00808. The van der Waals surface area contributed by atoms with E-state index in [0.29, 0.717) is 13.2 Å². The van der Waals surface area contributed by atoms with Crippen molar-refractivity contribution in [3.8, 4) is 0 Å². The van der Waals surface area contributed by atoms with Crippen LogP contribution in [0.5, 0.6) is 0 Å². The number of nitrogens with zero attached hydrogens (tertiary/aromatic N) is 1. The summed E-state index contributed by atoms with van der Waals surface area (Å²) in [5, 5.41) is -0.466. The minimum atomic E-state index is -0.466. The van der Waals surface area contributed by atoms with Crippen molar-refractivity contribution in [2.75, 3.05) is 13.1 Å². The Hall–Kier alpha value is -1.06. The topological polar surface area (TPSA) is 29.5 Å². The zero-order chi connectivity index (χ0) is 13.5. The van der Waals surface area contributed by atoms with Crippen LogP contribution in [0.3, 0.4) is 0 Å². The summed E-state index contributed by atoms with van der Waals surface area (Å²) in [4.78, 5) is 13.9. The normalized spacial score (nSPS) is 27.4. The highest BCUT2D eigenvalue weighted by Gasteiger charge is 2.44. The molecule has 0 saturated carbocycles. The molecule has 0 bridgehead atoms. The van der Waals surface area contributed by atoms with Gasteiger partial charge in [-0.1, -0.05) is 24.3 Å². The van der Waals surface area contributed by atoms with Crippen molar-refractivity contribution >= 4 is 17.5 Å². The molecule has 2 atom stereocenters. The van der Waals surface area contributed by atoms with E-state index in [1.54, 1.807) is 6.92 Å². The summed E-state index contributed by atoms with van der Waals surface area (Å²) in [6.45, 7) is 3.78. The van der Waals surface area contributed by atoms with Crippen molar-refractivity contribution in [3.63, 3.8) is 0 Å². The summed E-state index contributed by atoms with van der Waals surface area (Å²) >= 11 is 5.92. The van der Waals surface area contributed by atoms with Gasteiger partial charge in [-0.15, -0.1) is 11.6 Å². The first-order chi connectivity index (χ1) is 9.12. The number of fused-ring (bicyclic) bond motifs is 2. The highest BCUT2D eigenvalue weighted by molar-refractivity contribution is 6.30. The molecule has 1 saturated heterocycles. The van der Waals surface area contributed by atoms with Crippen LogP contribution in [-0.4, -0.2) is 29.3 Å². The summed E-state index contributed by atoms with van der Waals surface area (Å²) in [7, 11) is 0. The Morgan fingerprint density at radius 1 is 1.47 bits per heavy atom. The molecule has 1 aromatic rings. The largest absolute Gasteiger partial charge is 0.364 e. The maximum Gasteiger partial charge on any atom is 0.240 e. The number of ether oxygens (including phenoxy) is 1. The Bertz CT molecular complexity index is 499. The molecule has 1 aromatic carbocycles. The lowest BCUT2D eigenvalue weighted by Crippen LogP contribution is -2.50. The lowest BCUT2D eigenvalue weighted by Gasteiger charge is -2.40. The molecular formula is C15H18ClNO2. The second-order valence-corrected chi connectivity index (χ2v) is 6.07. The van der Waals surface area contributed by atoms with Gasteiger partial charge in [0.2, 0.25) is 5.91 Å². The van der Waals surface area contributed by atoms with Gasteiger partial charge in [0.25, 0.3) is 0 Å². The molecule has 0 aromatic heterocycles. The number of piperidine rings is 1. The van der Waals surface area contributed by atoms with Gasteiger partial charge < -0.3 is 9.64 Å². The number of alkyl halides is 1. The average molecular weight is 280 g/mol. The van der Waals surface area contributed by atoms with E-state index in [2.05, 4.69) is 12.1 Å². The number of rotatable bonds is 1.